The Morgan fingerprint density at radius 3 is 2.18 bits per heavy atom. The van der Waals surface area contributed by atoms with Crippen LogP contribution >= 0.6 is 0 Å². The fourth-order valence-corrected chi connectivity index (χ4v) is 3.47. The lowest BCUT2D eigenvalue weighted by Crippen LogP contribution is -1.85. The van der Waals surface area contributed by atoms with Gasteiger partial charge in [0.05, 0.1) is 22.1 Å². The number of fused-ring (bicyclic) bond motifs is 2. The zero-order chi connectivity index (χ0) is 19.3. The van der Waals surface area contributed by atoms with Crippen LogP contribution in [0.25, 0.3) is 44.7 Å². The van der Waals surface area contributed by atoms with Crippen molar-refractivity contribution >= 4 is 22.1 Å². The van der Waals surface area contributed by atoms with E-state index in [1.807, 2.05) is 0 Å². The third-order valence-corrected chi connectivity index (χ3v) is 5.14. The number of nitrogens with one attached hydrogen (secondary N) is 3. The van der Waals surface area contributed by atoms with E-state index >= 15 is 0 Å². The highest BCUT2D eigenvalue weighted by Gasteiger charge is 2.12. The standard InChI is InChI=1S/C22H22N6/c1-4-21-23-15-7-5-13(9-18(15)24-21)14-6-8-16-19(10-14)26-22(25-16)20-11-17(12(2)3)27-28-20/h5-12H,4H2,1-3H3,(H,23,24)(H,25,26)(H,27,28). The van der Waals surface area contributed by atoms with E-state index in [-0.39, 0.29) is 0 Å². The van der Waals surface area contributed by atoms with E-state index in [2.05, 4.69) is 88.4 Å². The maximum absolute atomic E-state index is 4.70. The maximum atomic E-state index is 4.70. The number of imidazole rings is 2. The molecule has 0 aliphatic carbocycles. The van der Waals surface area contributed by atoms with Crippen LogP contribution in [0.2, 0.25) is 0 Å². The number of aromatic nitrogens is 6. The number of H-pyrrole nitrogens is 3. The number of hydrogen-bond donors (Lipinski definition) is 3. The molecular weight excluding hydrogens is 348 g/mol. The molecule has 5 aromatic rings. The lowest BCUT2D eigenvalue weighted by molar-refractivity contribution is 0.810. The van der Waals surface area contributed by atoms with Gasteiger partial charge in [0.2, 0.25) is 0 Å². The Morgan fingerprint density at radius 1 is 0.857 bits per heavy atom. The molecule has 0 unspecified atom stereocenters. The van der Waals surface area contributed by atoms with Crippen LogP contribution in [0.5, 0.6) is 0 Å². The van der Waals surface area contributed by atoms with Crippen LogP contribution in [0, 0.1) is 0 Å². The molecule has 28 heavy (non-hydrogen) atoms. The van der Waals surface area contributed by atoms with Crippen molar-refractivity contribution in [2.24, 2.45) is 0 Å². The molecule has 0 bridgehead atoms. The van der Waals surface area contributed by atoms with Gasteiger partial charge in [-0.25, -0.2) is 9.97 Å². The van der Waals surface area contributed by atoms with Crippen LogP contribution in [0.15, 0.2) is 42.5 Å². The van der Waals surface area contributed by atoms with Crippen LogP contribution in [0.3, 0.4) is 0 Å². The van der Waals surface area contributed by atoms with E-state index in [1.165, 1.54) is 0 Å². The van der Waals surface area contributed by atoms with Gasteiger partial charge in [0, 0.05) is 12.1 Å². The average Bonchev–Trinajstić information content (AvgIpc) is 3.43. The largest absolute Gasteiger partial charge is 0.342 e. The van der Waals surface area contributed by atoms with Crippen molar-refractivity contribution in [1.82, 2.24) is 30.1 Å². The molecule has 0 saturated carbocycles. The fraction of sp³-hybridized carbons (Fsp3) is 0.227. The third kappa shape index (κ3) is 2.78. The first-order valence-corrected chi connectivity index (χ1v) is 9.65. The number of nitrogens with zero attached hydrogens (tertiary/aromatic N) is 3. The molecule has 0 amide bonds. The van der Waals surface area contributed by atoms with Gasteiger partial charge >= 0.3 is 0 Å². The van der Waals surface area contributed by atoms with E-state index in [4.69, 9.17) is 4.98 Å². The Kier molecular flexibility index (Phi) is 3.79. The van der Waals surface area contributed by atoms with E-state index in [0.717, 1.165) is 62.7 Å². The van der Waals surface area contributed by atoms with Crippen molar-refractivity contribution in [2.45, 2.75) is 33.1 Å². The van der Waals surface area contributed by atoms with E-state index < -0.39 is 0 Å². The Hall–Kier alpha value is -3.41. The molecule has 6 nitrogen and oxygen atoms in total. The summed E-state index contributed by atoms with van der Waals surface area (Å²) in [6.45, 7) is 6.39. The number of aryl methyl sites for hydroxylation is 1. The van der Waals surface area contributed by atoms with E-state index in [1.54, 1.807) is 0 Å². The van der Waals surface area contributed by atoms with Crippen LogP contribution in [0.1, 0.15) is 38.2 Å². The van der Waals surface area contributed by atoms with E-state index in [9.17, 15) is 0 Å². The summed E-state index contributed by atoms with van der Waals surface area (Å²) in [6.07, 6.45) is 0.901. The summed E-state index contributed by atoms with van der Waals surface area (Å²) in [5.74, 6) is 2.20. The number of rotatable bonds is 4. The predicted molar refractivity (Wildman–Crippen MR) is 112 cm³/mol. The van der Waals surface area contributed by atoms with Crippen LogP contribution in [-0.2, 0) is 6.42 Å². The molecule has 0 aliphatic rings. The van der Waals surface area contributed by atoms with Gasteiger partial charge in [0.1, 0.15) is 11.5 Å². The number of aromatic amines is 3. The summed E-state index contributed by atoms with van der Waals surface area (Å²) in [7, 11) is 0. The van der Waals surface area contributed by atoms with Gasteiger partial charge in [0.15, 0.2) is 5.82 Å². The monoisotopic (exact) mass is 370 g/mol. The Labute approximate surface area is 162 Å². The first-order chi connectivity index (χ1) is 13.6. The molecule has 0 spiro atoms. The molecule has 0 fully saturated rings. The smallest absolute Gasteiger partial charge is 0.159 e. The van der Waals surface area contributed by atoms with E-state index in [0.29, 0.717) is 5.92 Å². The molecular formula is C22H22N6. The fourth-order valence-electron chi connectivity index (χ4n) is 3.47. The first-order valence-electron chi connectivity index (χ1n) is 9.65. The summed E-state index contributed by atoms with van der Waals surface area (Å²) >= 11 is 0. The summed E-state index contributed by atoms with van der Waals surface area (Å²) in [4.78, 5) is 16.1. The molecule has 0 radical (unpaired) electrons. The predicted octanol–water partition coefficient (Wildman–Crippen LogP) is 5.18. The van der Waals surface area contributed by atoms with Crippen LogP contribution in [-0.4, -0.2) is 30.1 Å². The number of hydrogen-bond acceptors (Lipinski definition) is 3. The van der Waals surface area contributed by atoms with Crippen molar-refractivity contribution in [3.63, 3.8) is 0 Å². The lowest BCUT2D eigenvalue weighted by Gasteiger charge is -2.01. The van der Waals surface area contributed by atoms with Crippen molar-refractivity contribution in [1.29, 1.82) is 0 Å². The van der Waals surface area contributed by atoms with Gasteiger partial charge in [-0.3, -0.25) is 5.10 Å². The number of benzene rings is 2. The second-order valence-electron chi connectivity index (χ2n) is 7.45. The molecule has 3 aromatic heterocycles. The zero-order valence-corrected chi connectivity index (χ0v) is 16.2. The van der Waals surface area contributed by atoms with Gasteiger partial charge < -0.3 is 9.97 Å². The second kappa shape index (κ2) is 6.34. The summed E-state index contributed by atoms with van der Waals surface area (Å²) in [5.41, 5.74) is 8.25. The summed E-state index contributed by atoms with van der Waals surface area (Å²) < 4.78 is 0. The zero-order valence-electron chi connectivity index (χ0n) is 16.2. The topological polar surface area (TPSA) is 86.0 Å². The molecule has 3 heterocycles. The van der Waals surface area contributed by atoms with Gasteiger partial charge in [0.25, 0.3) is 0 Å². The van der Waals surface area contributed by atoms with Gasteiger partial charge in [-0.1, -0.05) is 32.9 Å². The molecule has 2 aromatic carbocycles. The van der Waals surface area contributed by atoms with Crippen molar-refractivity contribution in [3.8, 4) is 22.6 Å². The van der Waals surface area contributed by atoms with Crippen LogP contribution < -0.4 is 0 Å². The quantitative estimate of drug-likeness (QED) is 0.407. The van der Waals surface area contributed by atoms with Crippen molar-refractivity contribution < 1.29 is 0 Å². The van der Waals surface area contributed by atoms with Gasteiger partial charge in [-0.05, 0) is 47.4 Å². The van der Waals surface area contributed by atoms with Crippen molar-refractivity contribution in [2.75, 3.05) is 0 Å². The normalized spacial score (nSPS) is 11.9. The van der Waals surface area contributed by atoms with Crippen molar-refractivity contribution in [3.05, 3.63) is 54.0 Å². The van der Waals surface area contributed by atoms with Gasteiger partial charge in [-0.15, -0.1) is 0 Å². The minimum absolute atomic E-state index is 0.405. The minimum Gasteiger partial charge on any atom is -0.342 e. The molecule has 0 atom stereocenters. The lowest BCUT2D eigenvalue weighted by atomic mass is 10.0. The third-order valence-electron chi connectivity index (χ3n) is 5.14. The highest BCUT2D eigenvalue weighted by Crippen LogP contribution is 2.28. The molecule has 3 N–H and O–H groups in total. The average molecular weight is 370 g/mol. The molecule has 6 heteroatoms. The Balaban J connectivity index is 1.54. The molecule has 0 saturated heterocycles. The Morgan fingerprint density at radius 2 is 1.54 bits per heavy atom. The minimum atomic E-state index is 0.405. The SMILES string of the molecule is CCc1nc2ccc(-c3ccc4nc(-c5cc(C(C)C)[nH]n5)[nH]c4c3)cc2[nH]1. The van der Waals surface area contributed by atoms with Crippen LogP contribution in [0.4, 0.5) is 0 Å². The Bertz CT molecular complexity index is 1290. The molecule has 0 aliphatic heterocycles. The molecule has 140 valence electrons. The summed E-state index contributed by atoms with van der Waals surface area (Å²) in [6, 6.07) is 14.7. The maximum Gasteiger partial charge on any atom is 0.159 e. The highest BCUT2D eigenvalue weighted by molar-refractivity contribution is 5.87. The summed E-state index contributed by atoms with van der Waals surface area (Å²) in [5, 5.41) is 7.49. The highest BCUT2D eigenvalue weighted by atomic mass is 15.1. The molecule has 5 rings (SSSR count). The second-order valence-corrected chi connectivity index (χ2v) is 7.45. The van der Waals surface area contributed by atoms with Gasteiger partial charge in [-0.2, -0.15) is 5.10 Å². The first kappa shape index (κ1) is 16.7.